The van der Waals surface area contributed by atoms with Gasteiger partial charge in [0.1, 0.15) is 0 Å². The maximum Gasteiger partial charge on any atom is 0.280 e. The van der Waals surface area contributed by atoms with Crippen LogP contribution in [-0.2, 0) is 14.4 Å². The van der Waals surface area contributed by atoms with Crippen molar-refractivity contribution in [1.82, 2.24) is 10.2 Å². The Morgan fingerprint density at radius 3 is 2.04 bits per heavy atom. The van der Waals surface area contributed by atoms with Crippen molar-refractivity contribution in [1.29, 1.82) is 0 Å². The minimum Gasteiger partial charge on any atom is -0.548 e. The second-order valence-corrected chi connectivity index (χ2v) is 7.94. The van der Waals surface area contributed by atoms with Gasteiger partial charge in [0, 0.05) is 25.4 Å². The van der Waals surface area contributed by atoms with E-state index in [2.05, 4.69) is 24.9 Å². The molecule has 4 N–H and O–H groups in total. The summed E-state index contributed by atoms with van der Waals surface area (Å²) >= 11 is 0. The number of amides is 2. The molecule has 1 heterocycles. The average molecular weight is 355 g/mol. The van der Waals surface area contributed by atoms with E-state index in [0.29, 0.717) is 38.3 Å². The van der Waals surface area contributed by atoms with Gasteiger partial charge in [-0.15, -0.1) is 0 Å². The van der Waals surface area contributed by atoms with Crippen LogP contribution in [-0.4, -0.2) is 47.9 Å². The van der Waals surface area contributed by atoms with E-state index in [-0.39, 0.29) is 29.7 Å². The molecule has 25 heavy (non-hydrogen) atoms. The summed E-state index contributed by atoms with van der Waals surface area (Å²) in [6, 6.07) is -1.21. The van der Waals surface area contributed by atoms with Crippen molar-refractivity contribution < 1.29 is 25.2 Å². The molecule has 2 amide bonds. The molecule has 144 valence electrons. The van der Waals surface area contributed by atoms with Crippen molar-refractivity contribution in [2.75, 3.05) is 13.1 Å². The largest absolute Gasteiger partial charge is 0.548 e. The van der Waals surface area contributed by atoms with E-state index in [1.165, 1.54) is 0 Å². The van der Waals surface area contributed by atoms with Gasteiger partial charge in [0.2, 0.25) is 5.91 Å². The Labute approximate surface area is 150 Å². The maximum absolute atomic E-state index is 12.4. The quantitative estimate of drug-likeness (QED) is 0.590. The number of piperidine rings is 1. The molecule has 1 aliphatic heterocycles. The standard InChI is InChI=1S/C18H33N3O4/c1-11(2)9-14(19)17(23)21-7-5-13(6-8-21)16(22)20-15(18(24)25)10-12(3)4/h11-15H,5-10,19H2,1-4H3,(H,20,22)(H,24,25)/t14-,15-/m0/s1. The Balaban J connectivity index is 2.51. The smallest absolute Gasteiger partial charge is 0.280 e. The van der Waals surface area contributed by atoms with E-state index in [1.807, 2.05) is 13.8 Å². The van der Waals surface area contributed by atoms with Crippen LogP contribution in [0.25, 0.3) is 0 Å². The van der Waals surface area contributed by atoms with Crippen molar-refractivity contribution in [3.63, 3.8) is 0 Å². The lowest BCUT2D eigenvalue weighted by Crippen LogP contribution is -2.68. The first-order valence-corrected chi connectivity index (χ1v) is 9.24. The van der Waals surface area contributed by atoms with Gasteiger partial charge in [-0.1, -0.05) is 27.7 Å². The van der Waals surface area contributed by atoms with E-state index >= 15 is 0 Å². The number of aliphatic carboxylic acids is 1. The van der Waals surface area contributed by atoms with Gasteiger partial charge in [-0.05, 0) is 31.1 Å². The van der Waals surface area contributed by atoms with Gasteiger partial charge < -0.3 is 25.9 Å². The zero-order chi connectivity index (χ0) is 19.1. The number of carbonyl (C=O) groups excluding carboxylic acids is 3. The van der Waals surface area contributed by atoms with Gasteiger partial charge in [-0.2, -0.15) is 0 Å². The molecule has 0 aromatic carbocycles. The van der Waals surface area contributed by atoms with Gasteiger partial charge in [0.15, 0.2) is 6.04 Å². The molecular formula is C18H33N3O4. The summed E-state index contributed by atoms with van der Waals surface area (Å²) in [6.45, 7) is 8.96. The van der Waals surface area contributed by atoms with Crippen LogP contribution < -0.4 is 16.2 Å². The molecule has 0 bridgehead atoms. The molecule has 0 aliphatic carbocycles. The molecular weight excluding hydrogens is 322 g/mol. The van der Waals surface area contributed by atoms with E-state index in [1.54, 1.807) is 4.90 Å². The van der Waals surface area contributed by atoms with Crippen molar-refractivity contribution in [3.05, 3.63) is 0 Å². The Hall–Kier alpha value is -1.63. The molecule has 1 rings (SSSR count). The number of hydrogen-bond donors (Lipinski definition) is 2. The zero-order valence-corrected chi connectivity index (χ0v) is 15.9. The molecule has 1 aliphatic rings. The number of nitrogens with one attached hydrogen (secondary N) is 1. The molecule has 0 spiro atoms. The SMILES string of the molecule is CC(C)C[C@H](NC(=O)C1CCN(C(=O)[C@@H]([NH3+])CC(C)C)CC1)C(=O)[O-]. The molecule has 1 fully saturated rings. The van der Waals surface area contributed by atoms with Gasteiger partial charge in [0.05, 0.1) is 12.0 Å². The molecule has 7 nitrogen and oxygen atoms in total. The number of nitrogens with zero attached hydrogens (tertiary/aromatic N) is 1. The van der Waals surface area contributed by atoms with Crippen LogP contribution in [0.2, 0.25) is 0 Å². The summed E-state index contributed by atoms with van der Waals surface area (Å²) in [7, 11) is 0. The van der Waals surface area contributed by atoms with Crippen LogP contribution in [0.4, 0.5) is 0 Å². The fourth-order valence-electron chi connectivity index (χ4n) is 3.27. The average Bonchev–Trinajstić information content (AvgIpc) is 2.52. The zero-order valence-electron chi connectivity index (χ0n) is 15.9. The highest BCUT2D eigenvalue weighted by molar-refractivity contribution is 5.85. The monoisotopic (exact) mass is 355 g/mol. The van der Waals surface area contributed by atoms with Crippen molar-refractivity contribution in [2.45, 2.75) is 65.5 Å². The number of carboxylic acids is 1. The van der Waals surface area contributed by atoms with Crippen LogP contribution in [0.5, 0.6) is 0 Å². The van der Waals surface area contributed by atoms with E-state index in [0.717, 1.165) is 6.42 Å². The third-order valence-electron chi connectivity index (χ3n) is 4.59. The number of hydrogen-bond acceptors (Lipinski definition) is 4. The second kappa shape index (κ2) is 9.75. The van der Waals surface area contributed by atoms with Gasteiger partial charge in [-0.3, -0.25) is 9.59 Å². The van der Waals surface area contributed by atoms with Crippen LogP contribution in [0, 0.1) is 17.8 Å². The number of quaternary nitrogens is 1. The highest BCUT2D eigenvalue weighted by atomic mass is 16.4. The van der Waals surface area contributed by atoms with E-state index in [9.17, 15) is 19.5 Å². The third-order valence-corrected chi connectivity index (χ3v) is 4.59. The summed E-state index contributed by atoms with van der Waals surface area (Å²) in [6.07, 6.45) is 2.20. The maximum atomic E-state index is 12.4. The minimum absolute atomic E-state index is 0.0416. The first-order valence-electron chi connectivity index (χ1n) is 9.24. The highest BCUT2D eigenvalue weighted by Gasteiger charge is 2.32. The Kier molecular flexibility index (Phi) is 8.35. The molecule has 0 saturated carbocycles. The lowest BCUT2D eigenvalue weighted by Gasteiger charge is -2.33. The van der Waals surface area contributed by atoms with Gasteiger partial charge >= 0.3 is 0 Å². The third kappa shape index (κ3) is 7.02. The fourth-order valence-corrected chi connectivity index (χ4v) is 3.27. The molecule has 0 radical (unpaired) electrons. The Morgan fingerprint density at radius 2 is 1.60 bits per heavy atom. The van der Waals surface area contributed by atoms with E-state index in [4.69, 9.17) is 0 Å². The van der Waals surface area contributed by atoms with Crippen molar-refractivity contribution in [2.24, 2.45) is 17.8 Å². The number of likely N-dealkylation sites (tertiary alicyclic amines) is 1. The minimum atomic E-state index is -1.25. The normalized spacial score (nSPS) is 18.3. The molecule has 0 unspecified atom stereocenters. The Morgan fingerprint density at radius 1 is 1.08 bits per heavy atom. The summed E-state index contributed by atoms with van der Waals surface area (Å²) in [5.41, 5.74) is 3.95. The topological polar surface area (TPSA) is 117 Å². The number of rotatable bonds is 8. The predicted octanol–water partition coefficient (Wildman–Crippen LogP) is -0.838. The number of carboxylic acid groups (broad SMARTS) is 1. The lowest BCUT2D eigenvalue weighted by atomic mass is 9.94. The molecule has 0 aromatic heterocycles. The molecule has 2 atom stereocenters. The van der Waals surface area contributed by atoms with Crippen LogP contribution in [0.3, 0.4) is 0 Å². The Bertz CT molecular complexity index is 471. The summed E-state index contributed by atoms with van der Waals surface area (Å²) in [5.74, 6) is -1.15. The van der Waals surface area contributed by atoms with Gasteiger partial charge in [-0.25, -0.2) is 0 Å². The van der Waals surface area contributed by atoms with Crippen LogP contribution in [0.15, 0.2) is 0 Å². The van der Waals surface area contributed by atoms with E-state index < -0.39 is 12.0 Å². The van der Waals surface area contributed by atoms with Crippen molar-refractivity contribution in [3.8, 4) is 0 Å². The summed E-state index contributed by atoms with van der Waals surface area (Å²) in [5, 5.41) is 13.8. The van der Waals surface area contributed by atoms with Crippen molar-refractivity contribution >= 4 is 17.8 Å². The first-order chi connectivity index (χ1) is 11.6. The van der Waals surface area contributed by atoms with Gasteiger partial charge in [0.25, 0.3) is 5.91 Å². The predicted molar refractivity (Wildman–Crippen MR) is 91.8 cm³/mol. The molecule has 0 aromatic rings. The number of carbonyl (C=O) groups is 3. The second-order valence-electron chi connectivity index (χ2n) is 7.94. The lowest BCUT2D eigenvalue weighted by molar-refractivity contribution is -0.408. The first kappa shape index (κ1) is 21.4. The fraction of sp³-hybridized carbons (Fsp3) is 0.833. The van der Waals surface area contributed by atoms with Crippen LogP contribution in [0.1, 0.15) is 53.4 Å². The molecule has 1 saturated heterocycles. The summed E-state index contributed by atoms with van der Waals surface area (Å²) in [4.78, 5) is 37.7. The molecule has 7 heteroatoms. The highest BCUT2D eigenvalue weighted by Crippen LogP contribution is 2.19. The van der Waals surface area contributed by atoms with Crippen LogP contribution >= 0.6 is 0 Å². The summed E-state index contributed by atoms with van der Waals surface area (Å²) < 4.78 is 0.